The molecule has 1 atom stereocenters. The number of carbonyl (C=O) groups is 2. The first-order valence-corrected chi connectivity index (χ1v) is 5.88. The molecule has 1 aliphatic heterocycles. The first kappa shape index (κ1) is 12.5. The number of nitrogens with zero attached hydrogens (tertiary/aromatic N) is 3. The smallest absolute Gasteiger partial charge is 0.328 e. The molecule has 0 saturated carbocycles. The van der Waals surface area contributed by atoms with Crippen LogP contribution >= 0.6 is 0 Å². The zero-order chi connectivity index (χ0) is 13.0. The lowest BCUT2D eigenvalue weighted by atomic mass is 10.0. The van der Waals surface area contributed by atoms with Gasteiger partial charge in [-0.15, -0.1) is 0 Å². The van der Waals surface area contributed by atoms with E-state index in [1.54, 1.807) is 4.90 Å². The Labute approximate surface area is 105 Å². The van der Waals surface area contributed by atoms with Crippen LogP contribution in [0.5, 0.6) is 0 Å². The van der Waals surface area contributed by atoms with Crippen LogP contribution in [0.2, 0.25) is 0 Å². The van der Waals surface area contributed by atoms with Gasteiger partial charge in [-0.3, -0.25) is 4.79 Å². The highest BCUT2D eigenvalue weighted by molar-refractivity contribution is 5.96. The Bertz CT molecular complexity index is 435. The zero-order valence-electron chi connectivity index (χ0n) is 10.2. The number of methoxy groups -OCH3 is 1. The minimum Gasteiger partial charge on any atom is -0.467 e. The van der Waals surface area contributed by atoms with Crippen LogP contribution in [0.25, 0.3) is 0 Å². The summed E-state index contributed by atoms with van der Waals surface area (Å²) in [6.07, 6.45) is 6.75. The lowest BCUT2D eigenvalue weighted by Crippen LogP contribution is -2.48. The molecule has 6 nitrogen and oxygen atoms in total. The third-order valence-electron chi connectivity index (χ3n) is 3.04. The second-order valence-electron chi connectivity index (χ2n) is 4.16. The summed E-state index contributed by atoms with van der Waals surface area (Å²) in [5.41, 5.74) is 0.397. The molecule has 18 heavy (non-hydrogen) atoms. The maximum absolute atomic E-state index is 12.3. The van der Waals surface area contributed by atoms with Crippen LogP contribution in [0.15, 0.2) is 18.7 Å². The van der Waals surface area contributed by atoms with E-state index in [0.29, 0.717) is 18.5 Å². The largest absolute Gasteiger partial charge is 0.467 e. The zero-order valence-corrected chi connectivity index (χ0v) is 10.2. The van der Waals surface area contributed by atoms with Crippen molar-refractivity contribution in [1.29, 1.82) is 0 Å². The summed E-state index contributed by atoms with van der Waals surface area (Å²) in [5, 5.41) is 0. The number of ether oxygens (including phenoxy) is 1. The Hall–Kier alpha value is -1.98. The van der Waals surface area contributed by atoms with Crippen molar-refractivity contribution in [2.24, 2.45) is 0 Å². The monoisotopic (exact) mass is 249 g/mol. The van der Waals surface area contributed by atoms with E-state index in [1.165, 1.54) is 25.8 Å². The van der Waals surface area contributed by atoms with Crippen molar-refractivity contribution >= 4 is 11.9 Å². The molecular formula is C12H15N3O3. The van der Waals surface area contributed by atoms with Gasteiger partial charge in [-0.2, -0.15) is 0 Å². The van der Waals surface area contributed by atoms with Gasteiger partial charge in [0, 0.05) is 18.9 Å². The summed E-state index contributed by atoms with van der Waals surface area (Å²) in [6, 6.07) is -0.489. The van der Waals surface area contributed by atoms with Gasteiger partial charge in [-0.05, 0) is 19.3 Å². The number of hydrogen-bond acceptors (Lipinski definition) is 5. The van der Waals surface area contributed by atoms with E-state index in [9.17, 15) is 9.59 Å². The van der Waals surface area contributed by atoms with E-state index >= 15 is 0 Å². The predicted octanol–water partition coefficient (Wildman–Crippen LogP) is 0.644. The van der Waals surface area contributed by atoms with Crippen molar-refractivity contribution in [3.8, 4) is 0 Å². The molecule has 1 saturated heterocycles. The Morgan fingerprint density at radius 2 is 2.06 bits per heavy atom. The van der Waals surface area contributed by atoms with E-state index in [2.05, 4.69) is 9.97 Å². The van der Waals surface area contributed by atoms with Gasteiger partial charge in [-0.25, -0.2) is 14.8 Å². The number of aromatic nitrogens is 2. The lowest BCUT2D eigenvalue weighted by molar-refractivity contribution is -0.147. The van der Waals surface area contributed by atoms with Crippen LogP contribution in [-0.4, -0.2) is 46.4 Å². The van der Waals surface area contributed by atoms with E-state index in [-0.39, 0.29) is 11.9 Å². The Morgan fingerprint density at radius 3 is 2.72 bits per heavy atom. The van der Waals surface area contributed by atoms with Crippen LogP contribution in [-0.2, 0) is 9.53 Å². The predicted molar refractivity (Wildman–Crippen MR) is 62.7 cm³/mol. The van der Waals surface area contributed by atoms with Crippen molar-refractivity contribution in [2.45, 2.75) is 25.3 Å². The summed E-state index contributed by atoms with van der Waals surface area (Å²) in [7, 11) is 1.34. The highest BCUT2D eigenvalue weighted by Crippen LogP contribution is 2.20. The van der Waals surface area contributed by atoms with Crippen molar-refractivity contribution in [3.63, 3.8) is 0 Å². The number of amides is 1. The molecule has 1 fully saturated rings. The second-order valence-corrected chi connectivity index (χ2v) is 4.16. The second kappa shape index (κ2) is 5.57. The first-order chi connectivity index (χ1) is 8.74. The molecule has 2 rings (SSSR count). The van der Waals surface area contributed by atoms with Gasteiger partial charge in [0.05, 0.1) is 12.7 Å². The summed E-state index contributed by atoms with van der Waals surface area (Å²) in [6.45, 7) is 0.563. The molecule has 96 valence electrons. The summed E-state index contributed by atoms with van der Waals surface area (Å²) in [5.74, 6) is -0.578. The van der Waals surface area contributed by atoms with E-state index in [1.807, 2.05) is 0 Å². The standard InChI is InChI=1S/C12H15N3O3/c1-18-12(17)10-4-2-3-5-15(10)11(16)9-6-13-8-14-7-9/h6-8,10H,2-5H2,1H3/t10-/m1/s1. The third-order valence-corrected chi connectivity index (χ3v) is 3.04. The first-order valence-electron chi connectivity index (χ1n) is 5.88. The van der Waals surface area contributed by atoms with Crippen LogP contribution in [0.3, 0.4) is 0 Å². The third kappa shape index (κ3) is 2.47. The lowest BCUT2D eigenvalue weighted by Gasteiger charge is -2.33. The maximum Gasteiger partial charge on any atom is 0.328 e. The molecule has 0 unspecified atom stereocenters. The summed E-state index contributed by atoms with van der Waals surface area (Å²) < 4.78 is 4.74. The molecule has 6 heteroatoms. The van der Waals surface area contributed by atoms with Crippen molar-refractivity contribution in [2.75, 3.05) is 13.7 Å². The highest BCUT2D eigenvalue weighted by atomic mass is 16.5. The number of esters is 1. The normalized spacial score (nSPS) is 19.4. The van der Waals surface area contributed by atoms with Crippen molar-refractivity contribution in [3.05, 3.63) is 24.3 Å². The molecule has 0 spiro atoms. The number of rotatable bonds is 2. The highest BCUT2D eigenvalue weighted by Gasteiger charge is 2.33. The quantitative estimate of drug-likeness (QED) is 0.719. The van der Waals surface area contributed by atoms with Gasteiger partial charge in [0.1, 0.15) is 12.4 Å². The van der Waals surface area contributed by atoms with Gasteiger partial charge in [-0.1, -0.05) is 0 Å². The molecule has 1 amide bonds. The van der Waals surface area contributed by atoms with Gasteiger partial charge >= 0.3 is 5.97 Å². The fourth-order valence-electron chi connectivity index (χ4n) is 2.13. The Balaban J connectivity index is 2.19. The molecule has 0 aliphatic carbocycles. The molecule has 1 aromatic heterocycles. The molecule has 0 radical (unpaired) electrons. The van der Waals surface area contributed by atoms with Crippen molar-refractivity contribution in [1.82, 2.24) is 14.9 Å². The van der Waals surface area contributed by atoms with Gasteiger partial charge in [0.15, 0.2) is 0 Å². The molecule has 1 aromatic rings. The Kier molecular flexibility index (Phi) is 3.86. The number of carbonyl (C=O) groups excluding carboxylic acids is 2. The molecule has 1 aliphatic rings. The molecule has 0 aromatic carbocycles. The maximum atomic E-state index is 12.3. The average molecular weight is 249 g/mol. The molecular weight excluding hydrogens is 234 g/mol. The number of hydrogen-bond donors (Lipinski definition) is 0. The Morgan fingerprint density at radius 1 is 1.33 bits per heavy atom. The van der Waals surface area contributed by atoms with Gasteiger partial charge < -0.3 is 9.64 Å². The van der Waals surface area contributed by atoms with E-state index in [0.717, 1.165) is 12.8 Å². The fraction of sp³-hybridized carbons (Fsp3) is 0.500. The number of piperidine rings is 1. The van der Waals surface area contributed by atoms with Crippen LogP contribution < -0.4 is 0 Å². The van der Waals surface area contributed by atoms with Crippen LogP contribution in [0.1, 0.15) is 29.6 Å². The summed E-state index contributed by atoms with van der Waals surface area (Å²) >= 11 is 0. The number of likely N-dealkylation sites (tertiary alicyclic amines) is 1. The van der Waals surface area contributed by atoms with Gasteiger partial charge in [0.25, 0.3) is 5.91 Å². The minimum absolute atomic E-state index is 0.217. The molecule has 0 bridgehead atoms. The average Bonchev–Trinajstić information content (AvgIpc) is 2.46. The SMILES string of the molecule is COC(=O)[C@H]1CCCCN1C(=O)c1cncnc1. The molecule has 0 N–H and O–H groups in total. The fourth-order valence-corrected chi connectivity index (χ4v) is 2.13. The van der Waals surface area contributed by atoms with Crippen LogP contribution in [0.4, 0.5) is 0 Å². The van der Waals surface area contributed by atoms with E-state index in [4.69, 9.17) is 4.74 Å². The van der Waals surface area contributed by atoms with E-state index < -0.39 is 6.04 Å². The topological polar surface area (TPSA) is 72.4 Å². The van der Waals surface area contributed by atoms with Crippen LogP contribution in [0, 0.1) is 0 Å². The molecule has 2 heterocycles. The van der Waals surface area contributed by atoms with Gasteiger partial charge in [0.2, 0.25) is 0 Å². The minimum atomic E-state index is -0.489. The van der Waals surface area contributed by atoms with Crippen molar-refractivity contribution < 1.29 is 14.3 Å². The summed E-state index contributed by atoms with van der Waals surface area (Å²) in [4.78, 5) is 33.1.